The molecule has 0 atom stereocenters. The van der Waals surface area contributed by atoms with Gasteiger partial charge in [-0.2, -0.15) is 0 Å². The number of hydrogen-bond donors (Lipinski definition) is 0. The molecule has 0 amide bonds. The van der Waals surface area contributed by atoms with Gasteiger partial charge in [0.25, 0.3) is 8.05 Å². The van der Waals surface area contributed by atoms with Gasteiger partial charge in [0.2, 0.25) is 0 Å². The van der Waals surface area contributed by atoms with Crippen LogP contribution in [0.3, 0.4) is 0 Å². The Morgan fingerprint density at radius 3 is 2.08 bits per heavy atom. The zero-order valence-corrected chi connectivity index (χ0v) is 9.52. The normalized spacial score (nSPS) is 13.3. The van der Waals surface area contributed by atoms with Gasteiger partial charge in [-0.05, 0) is 32.1 Å². The molecule has 76 valence electrons. The van der Waals surface area contributed by atoms with E-state index in [9.17, 15) is 0 Å². The van der Waals surface area contributed by atoms with E-state index in [0.717, 1.165) is 19.4 Å². The second kappa shape index (κ2) is 5.01. The third kappa shape index (κ3) is 3.69. The van der Waals surface area contributed by atoms with E-state index in [0.29, 0.717) is 0 Å². The fraction of sp³-hybridized carbons (Fsp3) is 1.00. The van der Waals surface area contributed by atoms with E-state index >= 15 is 0 Å². The van der Waals surface area contributed by atoms with Crippen LogP contribution in [0.5, 0.6) is 0 Å². The van der Waals surface area contributed by atoms with Crippen molar-refractivity contribution in [2.75, 3.05) is 13.7 Å². The topological polar surface area (TPSA) is 18.5 Å². The van der Waals surface area contributed by atoms with Crippen LogP contribution in [0.1, 0.15) is 40.5 Å². The molecule has 0 aliphatic rings. The van der Waals surface area contributed by atoms with Crippen molar-refractivity contribution >= 4 is 8.05 Å². The smallest absolute Gasteiger partial charge is 0.283 e. The van der Waals surface area contributed by atoms with E-state index in [1.165, 1.54) is 0 Å². The summed E-state index contributed by atoms with van der Waals surface area (Å²) in [5, 5.41) is 0. The first-order valence-corrected chi connectivity index (χ1v) is 4.74. The van der Waals surface area contributed by atoms with Gasteiger partial charge in [0.05, 0.1) is 0 Å². The molecule has 0 spiro atoms. The first-order valence-electron chi connectivity index (χ1n) is 4.74. The molecule has 0 fully saturated rings. The highest BCUT2D eigenvalue weighted by molar-refractivity contribution is 5.98. The predicted octanol–water partition coefficient (Wildman–Crippen LogP) is 2.32. The minimum Gasteiger partial charge on any atom is -0.442 e. The van der Waals surface area contributed by atoms with Crippen LogP contribution in [-0.2, 0) is 9.39 Å². The van der Waals surface area contributed by atoms with Gasteiger partial charge in [-0.3, -0.25) is 0 Å². The van der Waals surface area contributed by atoms with E-state index in [-0.39, 0.29) is 11.0 Å². The summed E-state index contributed by atoms with van der Waals surface area (Å²) in [6.45, 7) is 9.15. The maximum absolute atomic E-state index is 5.27. The van der Waals surface area contributed by atoms with Crippen LogP contribution in [-0.4, -0.2) is 27.4 Å². The lowest BCUT2D eigenvalue weighted by molar-refractivity contribution is -0.0139. The molecule has 0 saturated carbocycles. The van der Waals surface area contributed by atoms with Crippen molar-refractivity contribution in [1.82, 2.24) is 0 Å². The predicted molar refractivity (Wildman–Crippen MR) is 55.8 cm³/mol. The van der Waals surface area contributed by atoms with Crippen LogP contribution >= 0.6 is 0 Å². The van der Waals surface area contributed by atoms with E-state index in [4.69, 9.17) is 17.4 Å². The minimum absolute atomic E-state index is 0.0697. The van der Waals surface area contributed by atoms with Crippen molar-refractivity contribution in [3.8, 4) is 0 Å². The molecule has 2 radical (unpaired) electrons. The van der Waals surface area contributed by atoms with Gasteiger partial charge in [-0.15, -0.1) is 0 Å². The third-order valence-corrected chi connectivity index (χ3v) is 3.07. The summed E-state index contributed by atoms with van der Waals surface area (Å²) in [6.07, 6.45) is 2.08. The van der Waals surface area contributed by atoms with Gasteiger partial charge >= 0.3 is 0 Å². The number of methoxy groups -OCH3 is 1. The first kappa shape index (κ1) is 13.0. The maximum atomic E-state index is 5.27. The molecule has 0 heterocycles. The molecule has 0 aromatic carbocycles. The monoisotopic (exact) mass is 184 g/mol. The second-order valence-electron chi connectivity index (χ2n) is 4.61. The summed E-state index contributed by atoms with van der Waals surface area (Å²) >= 11 is 0. The lowest BCUT2D eigenvalue weighted by Crippen LogP contribution is -2.41. The van der Waals surface area contributed by atoms with Crippen molar-refractivity contribution in [1.29, 1.82) is 0 Å². The fourth-order valence-corrected chi connectivity index (χ4v) is 1.12. The van der Waals surface area contributed by atoms with Crippen molar-refractivity contribution in [2.45, 2.75) is 46.1 Å². The molecule has 0 aliphatic carbocycles. The molecule has 0 aromatic rings. The van der Waals surface area contributed by atoms with Crippen molar-refractivity contribution in [3.63, 3.8) is 0 Å². The average Bonchev–Trinajstić information content (AvgIpc) is 2.04. The molecule has 0 bridgehead atoms. The van der Waals surface area contributed by atoms with Crippen LogP contribution in [0.2, 0.25) is 0 Å². The summed E-state index contributed by atoms with van der Waals surface area (Å²) in [4.78, 5) is 0. The van der Waals surface area contributed by atoms with E-state index in [1.807, 2.05) is 13.8 Å². The minimum atomic E-state index is -0.291. The van der Waals surface area contributed by atoms with Gasteiger partial charge in [-0.1, -0.05) is 13.8 Å². The summed E-state index contributed by atoms with van der Waals surface area (Å²) in [7, 11) is 6.99. The standard InChI is InChI=1S/C10H21BO2/c1-9(2,7-6-8-12-5)10(3,4)13-11/h6-8H2,1-5H3. The van der Waals surface area contributed by atoms with Gasteiger partial charge in [0.15, 0.2) is 0 Å². The Morgan fingerprint density at radius 1 is 1.15 bits per heavy atom. The Hall–Kier alpha value is -0.0151. The summed E-state index contributed by atoms with van der Waals surface area (Å²) < 4.78 is 10.0. The third-order valence-electron chi connectivity index (χ3n) is 3.07. The Balaban J connectivity index is 4.06. The van der Waals surface area contributed by atoms with E-state index < -0.39 is 0 Å². The van der Waals surface area contributed by atoms with Crippen molar-refractivity contribution in [3.05, 3.63) is 0 Å². The van der Waals surface area contributed by atoms with Gasteiger partial charge in [0.1, 0.15) is 0 Å². The van der Waals surface area contributed by atoms with Crippen LogP contribution in [0.15, 0.2) is 0 Å². The molecule has 0 saturated heterocycles. The highest BCUT2D eigenvalue weighted by atomic mass is 16.5. The average molecular weight is 184 g/mol. The van der Waals surface area contributed by atoms with E-state index in [2.05, 4.69) is 13.8 Å². The molecule has 0 rings (SSSR count). The lowest BCUT2D eigenvalue weighted by atomic mass is 9.73. The molecule has 3 heteroatoms. The highest BCUT2D eigenvalue weighted by Crippen LogP contribution is 2.37. The SMILES string of the molecule is [B]OC(C)(C)C(C)(C)CCCOC. The zero-order chi connectivity index (χ0) is 10.5. The quantitative estimate of drug-likeness (QED) is 0.465. The van der Waals surface area contributed by atoms with Crippen LogP contribution in [0, 0.1) is 5.41 Å². The van der Waals surface area contributed by atoms with Gasteiger partial charge < -0.3 is 9.39 Å². The van der Waals surface area contributed by atoms with Crippen LogP contribution in [0.4, 0.5) is 0 Å². The van der Waals surface area contributed by atoms with Crippen LogP contribution in [0.25, 0.3) is 0 Å². The van der Waals surface area contributed by atoms with Gasteiger partial charge in [-0.25, -0.2) is 0 Å². The highest BCUT2D eigenvalue weighted by Gasteiger charge is 2.35. The Bertz CT molecular complexity index is 144. The Morgan fingerprint density at radius 2 is 1.69 bits per heavy atom. The largest absolute Gasteiger partial charge is 0.442 e. The summed E-state index contributed by atoms with van der Waals surface area (Å²) in [5.41, 5.74) is -0.221. The molecule has 0 aliphatic heterocycles. The molecular weight excluding hydrogens is 163 g/mol. The number of rotatable bonds is 6. The van der Waals surface area contributed by atoms with E-state index in [1.54, 1.807) is 7.11 Å². The maximum Gasteiger partial charge on any atom is 0.283 e. The van der Waals surface area contributed by atoms with Gasteiger partial charge in [0, 0.05) is 19.3 Å². The molecule has 13 heavy (non-hydrogen) atoms. The number of ether oxygens (including phenoxy) is 1. The first-order chi connectivity index (χ1) is 5.87. The van der Waals surface area contributed by atoms with Crippen molar-refractivity contribution < 1.29 is 9.39 Å². The Kier molecular flexibility index (Phi) is 5.01. The second-order valence-corrected chi connectivity index (χ2v) is 4.61. The fourth-order valence-electron chi connectivity index (χ4n) is 1.12. The van der Waals surface area contributed by atoms with Crippen LogP contribution < -0.4 is 0 Å². The molecule has 2 nitrogen and oxygen atoms in total. The lowest BCUT2D eigenvalue weighted by Gasteiger charge is -2.41. The zero-order valence-electron chi connectivity index (χ0n) is 9.52. The summed E-state index contributed by atoms with van der Waals surface area (Å²) in [5.74, 6) is 0. The van der Waals surface area contributed by atoms with Crippen molar-refractivity contribution in [2.24, 2.45) is 5.41 Å². The molecule has 0 unspecified atom stereocenters. The molecular formula is C10H21BO2. The summed E-state index contributed by atoms with van der Waals surface area (Å²) in [6, 6.07) is 0. The number of hydrogen-bond acceptors (Lipinski definition) is 2. The Labute approximate surface area is 83.4 Å². The molecule has 0 N–H and O–H groups in total. The molecule has 0 aromatic heterocycles.